The zero-order chi connectivity index (χ0) is 23.1. The van der Waals surface area contributed by atoms with Crippen molar-refractivity contribution in [2.45, 2.75) is 45.4 Å². The molecule has 3 atom stereocenters. The van der Waals surface area contributed by atoms with Gasteiger partial charge in [-0.3, -0.25) is 9.59 Å². The van der Waals surface area contributed by atoms with E-state index in [4.69, 9.17) is 4.74 Å². The summed E-state index contributed by atoms with van der Waals surface area (Å²) in [6, 6.07) is 10.8. The molecule has 3 N–H and O–H groups in total. The van der Waals surface area contributed by atoms with Gasteiger partial charge in [-0.05, 0) is 55.2 Å². The van der Waals surface area contributed by atoms with Gasteiger partial charge in [-0.2, -0.15) is 0 Å². The van der Waals surface area contributed by atoms with Gasteiger partial charge in [0.05, 0.1) is 11.1 Å². The van der Waals surface area contributed by atoms with Crippen LogP contribution in [-0.4, -0.2) is 57.0 Å². The Morgan fingerprint density at radius 3 is 2.94 bits per heavy atom. The molecule has 0 saturated carbocycles. The number of ether oxygens (including phenoxy) is 1. The number of imidazole rings is 1. The van der Waals surface area contributed by atoms with Crippen LogP contribution in [0.2, 0.25) is 0 Å². The number of hydrogen-bond donors (Lipinski definition) is 3. The first-order chi connectivity index (χ1) is 15.9. The normalized spacial score (nSPS) is 22.2. The van der Waals surface area contributed by atoms with Crippen molar-refractivity contribution in [3.63, 3.8) is 0 Å². The number of aliphatic hydroxyl groups is 1. The maximum absolute atomic E-state index is 13.4. The highest BCUT2D eigenvalue weighted by molar-refractivity contribution is 6.05. The van der Waals surface area contributed by atoms with Crippen LogP contribution >= 0.6 is 0 Å². The molecule has 1 fully saturated rings. The van der Waals surface area contributed by atoms with Crippen molar-refractivity contribution in [1.82, 2.24) is 20.2 Å². The molecule has 2 aromatic carbocycles. The van der Waals surface area contributed by atoms with Crippen molar-refractivity contribution >= 4 is 22.8 Å². The second kappa shape index (κ2) is 8.51. The Hall–Kier alpha value is -3.39. The van der Waals surface area contributed by atoms with Gasteiger partial charge in [0, 0.05) is 31.1 Å². The van der Waals surface area contributed by atoms with E-state index in [-0.39, 0.29) is 36.5 Å². The van der Waals surface area contributed by atoms with E-state index in [1.807, 2.05) is 25.1 Å². The Balaban J connectivity index is 1.32. The molecule has 1 saturated heterocycles. The Kier molecular flexibility index (Phi) is 5.54. The molecule has 0 aliphatic carbocycles. The van der Waals surface area contributed by atoms with Crippen molar-refractivity contribution in [2.24, 2.45) is 5.92 Å². The van der Waals surface area contributed by atoms with Gasteiger partial charge in [-0.1, -0.05) is 13.0 Å². The third-order valence-electron chi connectivity index (χ3n) is 6.66. The van der Waals surface area contributed by atoms with Gasteiger partial charge in [0.25, 0.3) is 11.8 Å². The summed E-state index contributed by atoms with van der Waals surface area (Å²) >= 11 is 0. The van der Waals surface area contributed by atoms with Crippen LogP contribution in [-0.2, 0) is 13.0 Å². The Morgan fingerprint density at radius 2 is 2.12 bits per heavy atom. The van der Waals surface area contributed by atoms with E-state index in [9.17, 15) is 14.7 Å². The number of amides is 2. The van der Waals surface area contributed by atoms with Crippen molar-refractivity contribution in [1.29, 1.82) is 0 Å². The van der Waals surface area contributed by atoms with Crippen LogP contribution in [0.4, 0.5) is 0 Å². The first-order valence-corrected chi connectivity index (χ1v) is 11.4. The predicted octanol–water partition coefficient (Wildman–Crippen LogP) is 2.66. The van der Waals surface area contributed by atoms with Gasteiger partial charge in [0.1, 0.15) is 29.8 Å². The lowest BCUT2D eigenvalue weighted by atomic mass is 9.92. The summed E-state index contributed by atoms with van der Waals surface area (Å²) in [5.74, 6) is 1.27. The lowest BCUT2D eigenvalue weighted by Gasteiger charge is -2.37. The number of aromatic nitrogens is 2. The molecule has 1 aromatic heterocycles. The fourth-order valence-corrected chi connectivity index (χ4v) is 4.76. The lowest BCUT2D eigenvalue weighted by molar-refractivity contribution is 0.0626. The van der Waals surface area contributed by atoms with Gasteiger partial charge >= 0.3 is 0 Å². The van der Waals surface area contributed by atoms with Crippen LogP contribution in [0.1, 0.15) is 52.4 Å². The van der Waals surface area contributed by atoms with Crippen molar-refractivity contribution in [3.8, 4) is 5.75 Å². The smallest absolute Gasteiger partial charge is 0.256 e. The Bertz CT molecular complexity index is 1220. The van der Waals surface area contributed by atoms with Gasteiger partial charge in [-0.25, -0.2) is 4.98 Å². The molecular formula is C25H28N4O4. The van der Waals surface area contributed by atoms with Crippen molar-refractivity contribution < 1.29 is 19.4 Å². The van der Waals surface area contributed by atoms with Gasteiger partial charge in [0.2, 0.25) is 0 Å². The monoisotopic (exact) mass is 448 g/mol. The summed E-state index contributed by atoms with van der Waals surface area (Å²) in [6.07, 6.45) is 1.73. The number of likely N-dealkylation sites (tertiary alicyclic amines) is 1. The zero-order valence-corrected chi connectivity index (χ0v) is 18.8. The molecule has 3 heterocycles. The summed E-state index contributed by atoms with van der Waals surface area (Å²) in [4.78, 5) is 35.5. The van der Waals surface area contributed by atoms with E-state index in [0.717, 1.165) is 29.7 Å². The van der Waals surface area contributed by atoms with Crippen LogP contribution in [0, 0.1) is 5.92 Å². The summed E-state index contributed by atoms with van der Waals surface area (Å²) in [5, 5.41) is 12.5. The number of carbonyl (C=O) groups is 2. The topological polar surface area (TPSA) is 108 Å². The molecule has 33 heavy (non-hydrogen) atoms. The number of para-hydroxylation sites is 1. The molecule has 2 amide bonds. The number of nitrogens with zero attached hydrogens (tertiary/aromatic N) is 2. The summed E-state index contributed by atoms with van der Waals surface area (Å²) in [7, 11) is 0. The molecule has 2 aliphatic heterocycles. The van der Waals surface area contributed by atoms with E-state index in [1.165, 1.54) is 0 Å². The molecule has 0 spiro atoms. The first kappa shape index (κ1) is 21.5. The molecule has 8 heteroatoms. The Labute approximate surface area is 192 Å². The number of carbonyl (C=O) groups excluding carboxylic acids is 2. The minimum Gasteiger partial charge on any atom is -0.490 e. The van der Waals surface area contributed by atoms with Gasteiger partial charge < -0.3 is 25.0 Å². The van der Waals surface area contributed by atoms with Crippen LogP contribution in [0.15, 0.2) is 36.4 Å². The van der Waals surface area contributed by atoms with Gasteiger partial charge in [-0.15, -0.1) is 0 Å². The number of aromatic amines is 1. The third-order valence-corrected chi connectivity index (χ3v) is 6.66. The number of rotatable bonds is 4. The highest BCUT2D eigenvalue weighted by atomic mass is 16.5. The third kappa shape index (κ3) is 4.06. The lowest BCUT2D eigenvalue weighted by Crippen LogP contribution is -2.53. The standard InChI is InChI=1S/C25H28N4O4/c1-14-8-9-29(25(32)18-4-3-5-19-23(18)28-22(13-30)26-19)12-20(14)27-24(31)16-6-7-21-17(11-16)10-15(2)33-21/h3-7,11,14-15,20,30H,8-10,12-13H2,1-2H3,(H,26,28)(H,27,31). The number of H-pyrrole nitrogens is 1. The number of benzene rings is 2. The second-order valence-electron chi connectivity index (χ2n) is 9.10. The zero-order valence-electron chi connectivity index (χ0n) is 18.8. The largest absolute Gasteiger partial charge is 0.490 e. The van der Waals surface area contributed by atoms with Crippen LogP contribution in [0.25, 0.3) is 11.0 Å². The predicted molar refractivity (Wildman–Crippen MR) is 123 cm³/mol. The summed E-state index contributed by atoms with van der Waals surface area (Å²) < 4.78 is 5.73. The highest BCUT2D eigenvalue weighted by Gasteiger charge is 2.32. The molecule has 0 bridgehead atoms. The molecule has 5 rings (SSSR count). The van der Waals surface area contributed by atoms with Crippen LogP contribution < -0.4 is 10.1 Å². The van der Waals surface area contributed by atoms with E-state index in [2.05, 4.69) is 22.2 Å². The SMILES string of the molecule is CC1Cc2cc(C(=O)NC3CN(C(=O)c4cccc5[nH]c(CO)nc45)CCC3C)ccc2O1. The van der Waals surface area contributed by atoms with Crippen LogP contribution in [0.3, 0.4) is 0 Å². The van der Waals surface area contributed by atoms with Crippen molar-refractivity contribution in [2.75, 3.05) is 13.1 Å². The highest BCUT2D eigenvalue weighted by Crippen LogP contribution is 2.29. The maximum Gasteiger partial charge on any atom is 0.256 e. The molecule has 2 aliphatic rings. The Morgan fingerprint density at radius 1 is 1.27 bits per heavy atom. The van der Waals surface area contributed by atoms with Gasteiger partial charge in [0.15, 0.2) is 0 Å². The minimum atomic E-state index is -0.217. The van der Waals surface area contributed by atoms with Crippen molar-refractivity contribution in [3.05, 3.63) is 58.9 Å². The number of nitrogens with one attached hydrogen (secondary N) is 2. The number of fused-ring (bicyclic) bond motifs is 2. The van der Waals surface area contributed by atoms with E-state index in [1.54, 1.807) is 23.1 Å². The summed E-state index contributed by atoms with van der Waals surface area (Å²) in [6.45, 7) is 4.96. The first-order valence-electron chi connectivity index (χ1n) is 11.4. The molecule has 3 aromatic rings. The van der Waals surface area contributed by atoms with Crippen LogP contribution in [0.5, 0.6) is 5.75 Å². The molecular weight excluding hydrogens is 420 g/mol. The number of piperidine rings is 1. The number of hydrogen-bond acceptors (Lipinski definition) is 5. The quantitative estimate of drug-likeness (QED) is 0.569. The molecule has 0 radical (unpaired) electrons. The molecule has 3 unspecified atom stereocenters. The average Bonchev–Trinajstić information content (AvgIpc) is 3.41. The van der Waals surface area contributed by atoms with E-state index in [0.29, 0.717) is 35.6 Å². The summed E-state index contributed by atoms with van der Waals surface area (Å²) in [5.41, 5.74) is 3.43. The fraction of sp³-hybridized carbons (Fsp3) is 0.400. The average molecular weight is 449 g/mol. The molecule has 8 nitrogen and oxygen atoms in total. The molecule has 172 valence electrons. The van der Waals surface area contributed by atoms with E-state index >= 15 is 0 Å². The maximum atomic E-state index is 13.4. The minimum absolute atomic E-state index is 0.119. The second-order valence-corrected chi connectivity index (χ2v) is 9.10. The number of aliphatic hydroxyl groups excluding tert-OH is 1. The van der Waals surface area contributed by atoms with E-state index < -0.39 is 0 Å². The fourth-order valence-electron chi connectivity index (χ4n) is 4.76.